The molecule has 3 rings (SSSR count). The van der Waals surface area contributed by atoms with E-state index in [-0.39, 0.29) is 23.8 Å². The van der Waals surface area contributed by atoms with Crippen LogP contribution in [-0.2, 0) is 14.4 Å². The van der Waals surface area contributed by atoms with Gasteiger partial charge in [0.2, 0.25) is 17.7 Å². The summed E-state index contributed by atoms with van der Waals surface area (Å²) in [4.78, 5) is 45.2. The van der Waals surface area contributed by atoms with Gasteiger partial charge in [-0.05, 0) is 43.2 Å². The number of likely N-dealkylation sites (tertiary alicyclic amines) is 1. The molecule has 0 unspecified atom stereocenters. The number of amides is 3. The number of thiazole rings is 1. The third-order valence-corrected chi connectivity index (χ3v) is 7.05. The summed E-state index contributed by atoms with van der Waals surface area (Å²) in [7, 11) is 0. The van der Waals surface area contributed by atoms with Gasteiger partial charge in [0.25, 0.3) is 0 Å². The molecule has 7 nitrogen and oxygen atoms in total. The number of carbonyl (C=O) groups is 3. The van der Waals surface area contributed by atoms with E-state index < -0.39 is 17.5 Å². The highest BCUT2D eigenvalue weighted by Crippen LogP contribution is 2.29. The fraction of sp³-hybridized carbons (Fsp3) is 0.586. The zero-order chi connectivity index (χ0) is 28.3. The van der Waals surface area contributed by atoms with E-state index in [4.69, 9.17) is 0 Å². The van der Waals surface area contributed by atoms with Crippen molar-refractivity contribution in [3.05, 3.63) is 41.0 Å². The van der Waals surface area contributed by atoms with Crippen LogP contribution in [0.2, 0.25) is 0 Å². The van der Waals surface area contributed by atoms with Crippen molar-refractivity contribution in [3.63, 3.8) is 0 Å². The highest BCUT2D eigenvalue weighted by Gasteiger charge is 2.41. The highest BCUT2D eigenvalue weighted by atomic mass is 32.1. The van der Waals surface area contributed by atoms with Crippen molar-refractivity contribution >= 4 is 29.1 Å². The van der Waals surface area contributed by atoms with Crippen molar-refractivity contribution in [3.8, 4) is 10.4 Å². The Hall–Kier alpha value is -2.74. The number of nitrogens with one attached hydrogen (secondary N) is 2. The third kappa shape index (κ3) is 8.66. The van der Waals surface area contributed by atoms with Gasteiger partial charge in [0, 0.05) is 13.5 Å². The average Bonchev–Trinajstić information content (AvgIpc) is 3.53. The van der Waals surface area contributed by atoms with Gasteiger partial charge in [0.1, 0.15) is 12.1 Å². The van der Waals surface area contributed by atoms with Crippen LogP contribution in [0.3, 0.4) is 0 Å². The predicted molar refractivity (Wildman–Crippen MR) is 153 cm³/mol. The molecule has 37 heavy (non-hydrogen) atoms. The van der Waals surface area contributed by atoms with Gasteiger partial charge in [0.05, 0.1) is 22.1 Å². The fourth-order valence-electron chi connectivity index (χ4n) is 4.22. The van der Waals surface area contributed by atoms with Gasteiger partial charge in [-0.25, -0.2) is 4.98 Å². The number of aromatic nitrogens is 1. The summed E-state index contributed by atoms with van der Waals surface area (Å²) in [5.41, 5.74) is 4.49. The Bertz CT molecular complexity index is 1010. The summed E-state index contributed by atoms with van der Waals surface area (Å²) >= 11 is 1.61. The summed E-state index contributed by atoms with van der Waals surface area (Å²) in [6.07, 6.45) is 1.38. The van der Waals surface area contributed by atoms with Crippen molar-refractivity contribution in [1.29, 1.82) is 0 Å². The first-order valence-electron chi connectivity index (χ1n) is 13.4. The molecule has 1 aliphatic rings. The fourth-order valence-corrected chi connectivity index (χ4v) is 5.03. The van der Waals surface area contributed by atoms with Crippen LogP contribution in [-0.4, -0.2) is 46.2 Å². The summed E-state index contributed by atoms with van der Waals surface area (Å²) in [6, 6.07) is 6.73. The van der Waals surface area contributed by atoms with E-state index in [0.717, 1.165) is 28.1 Å². The minimum atomic E-state index is -0.677. The molecule has 0 saturated carbocycles. The van der Waals surface area contributed by atoms with E-state index >= 15 is 0 Å². The first-order chi connectivity index (χ1) is 17.5. The monoisotopic (exact) mass is 530 g/mol. The Kier molecular flexibility index (Phi) is 13.0. The maximum Gasteiger partial charge on any atom is 0.246 e. The number of benzene rings is 1. The lowest BCUT2D eigenvalue weighted by atomic mass is 9.85. The Morgan fingerprint density at radius 2 is 1.65 bits per heavy atom. The molecule has 1 aromatic carbocycles. The molecule has 3 atom stereocenters. The Morgan fingerprint density at radius 1 is 1.05 bits per heavy atom. The van der Waals surface area contributed by atoms with E-state index in [1.165, 1.54) is 6.92 Å². The molecule has 0 spiro atoms. The molecule has 2 aromatic rings. The van der Waals surface area contributed by atoms with E-state index in [9.17, 15) is 14.4 Å². The largest absolute Gasteiger partial charge is 0.348 e. The van der Waals surface area contributed by atoms with Gasteiger partial charge in [-0.2, -0.15) is 0 Å². The minimum Gasteiger partial charge on any atom is -0.348 e. The lowest BCUT2D eigenvalue weighted by Crippen LogP contribution is -2.57. The molecule has 8 heteroatoms. The molecule has 2 heterocycles. The molecule has 0 bridgehead atoms. The van der Waals surface area contributed by atoms with Crippen LogP contribution < -0.4 is 10.6 Å². The number of aryl methyl sites for hydroxylation is 1. The first kappa shape index (κ1) is 32.3. The van der Waals surface area contributed by atoms with Crippen LogP contribution in [0.4, 0.5) is 0 Å². The number of carbonyl (C=O) groups excluding carboxylic acids is 3. The topological polar surface area (TPSA) is 91.4 Å². The first-order valence-corrected chi connectivity index (χ1v) is 14.3. The van der Waals surface area contributed by atoms with E-state index in [0.29, 0.717) is 13.0 Å². The number of hydrogen-bond acceptors (Lipinski definition) is 5. The van der Waals surface area contributed by atoms with Crippen LogP contribution in [0.15, 0.2) is 29.8 Å². The average molecular weight is 531 g/mol. The molecule has 1 aromatic heterocycles. The summed E-state index contributed by atoms with van der Waals surface area (Å²) < 4.78 is 0. The minimum absolute atomic E-state index is 0.161. The van der Waals surface area contributed by atoms with Gasteiger partial charge in [-0.15, -0.1) is 11.3 Å². The van der Waals surface area contributed by atoms with Crippen LogP contribution >= 0.6 is 11.3 Å². The van der Waals surface area contributed by atoms with Crippen molar-refractivity contribution in [2.45, 2.75) is 100 Å². The normalized spacial score (nSPS) is 16.4. The van der Waals surface area contributed by atoms with Gasteiger partial charge in [-0.1, -0.05) is 72.7 Å². The highest BCUT2D eigenvalue weighted by molar-refractivity contribution is 7.13. The van der Waals surface area contributed by atoms with Crippen LogP contribution in [0.1, 0.15) is 92.5 Å². The quantitative estimate of drug-likeness (QED) is 0.487. The lowest BCUT2D eigenvalue weighted by molar-refractivity contribution is -0.143. The molecule has 3 amide bonds. The van der Waals surface area contributed by atoms with Crippen molar-refractivity contribution < 1.29 is 14.4 Å². The second-order valence-electron chi connectivity index (χ2n) is 9.81. The Balaban J connectivity index is 0.00000163. The van der Waals surface area contributed by atoms with E-state index in [1.54, 1.807) is 16.2 Å². The van der Waals surface area contributed by atoms with Gasteiger partial charge in [0.15, 0.2) is 0 Å². The molecular weight excluding hydrogens is 484 g/mol. The van der Waals surface area contributed by atoms with Crippen LogP contribution in [0.5, 0.6) is 0 Å². The van der Waals surface area contributed by atoms with Crippen molar-refractivity contribution in [1.82, 2.24) is 20.5 Å². The summed E-state index contributed by atoms with van der Waals surface area (Å²) in [6.45, 7) is 19.6. The molecule has 1 saturated heterocycles. The molecular formula is C29H46N4O3S. The SMILES string of the molecule is CC.CC.CC(=O)N[C@H](C(=O)N1CCC[C@H]1C(=O)N[C@@H](C)c1ccc(-c2scnc2C)cc1)C(C)(C)C. The Morgan fingerprint density at radius 3 is 2.14 bits per heavy atom. The second kappa shape index (κ2) is 14.9. The van der Waals surface area contributed by atoms with Crippen molar-refractivity contribution in [2.24, 2.45) is 5.41 Å². The Labute approximate surface area is 227 Å². The predicted octanol–water partition coefficient (Wildman–Crippen LogP) is 5.89. The number of rotatable bonds is 6. The number of hydrogen-bond donors (Lipinski definition) is 2. The zero-order valence-corrected chi connectivity index (χ0v) is 25.1. The van der Waals surface area contributed by atoms with Crippen molar-refractivity contribution in [2.75, 3.05) is 6.54 Å². The molecule has 206 valence electrons. The summed E-state index contributed by atoms with van der Waals surface area (Å²) in [5.74, 6) is -0.618. The molecule has 2 N–H and O–H groups in total. The second-order valence-corrected chi connectivity index (χ2v) is 10.7. The van der Waals surface area contributed by atoms with E-state index in [1.807, 2.05) is 92.1 Å². The van der Waals surface area contributed by atoms with Gasteiger partial charge in [-0.3, -0.25) is 14.4 Å². The molecule has 0 radical (unpaired) electrons. The molecule has 0 aliphatic carbocycles. The van der Waals surface area contributed by atoms with Crippen LogP contribution in [0, 0.1) is 12.3 Å². The number of nitrogens with zero attached hydrogens (tertiary/aromatic N) is 2. The maximum absolute atomic E-state index is 13.3. The molecule has 1 fully saturated rings. The lowest BCUT2D eigenvalue weighted by Gasteiger charge is -2.35. The smallest absolute Gasteiger partial charge is 0.246 e. The van der Waals surface area contributed by atoms with Gasteiger partial charge >= 0.3 is 0 Å². The van der Waals surface area contributed by atoms with Gasteiger partial charge < -0.3 is 15.5 Å². The zero-order valence-electron chi connectivity index (χ0n) is 24.3. The third-order valence-electron chi connectivity index (χ3n) is 6.08. The summed E-state index contributed by atoms with van der Waals surface area (Å²) in [5, 5.41) is 5.85. The molecule has 1 aliphatic heterocycles. The standard InChI is InChI=1S/C25H34N4O3S.2C2H6/c1-15(18-9-11-19(12-10-18)21-16(2)26-14-33-21)27-23(31)20-8-7-13-29(20)24(32)22(25(4,5)6)28-17(3)30;2*1-2/h9-12,14-15,20,22H,7-8,13H2,1-6H3,(H,27,31)(H,28,30);2*1-2H3/t15-,20-,22+;;/m0../s1. The van der Waals surface area contributed by atoms with E-state index in [2.05, 4.69) is 15.6 Å². The maximum atomic E-state index is 13.3. The van der Waals surface area contributed by atoms with Crippen LogP contribution in [0.25, 0.3) is 10.4 Å².